The molecular weight excluding hydrogens is 144 g/mol. The van der Waals surface area contributed by atoms with Gasteiger partial charge in [-0.05, 0) is 6.07 Å². The van der Waals surface area contributed by atoms with Crippen LogP contribution in [0.25, 0.3) is 0 Å². The van der Waals surface area contributed by atoms with Crippen molar-refractivity contribution < 1.29 is 9.47 Å². The first-order chi connectivity index (χ1) is 5.45. The molecule has 1 aromatic heterocycles. The highest BCUT2D eigenvalue weighted by atomic mass is 16.7. The highest BCUT2D eigenvalue weighted by Gasteiger charge is 2.05. The van der Waals surface area contributed by atoms with E-state index in [2.05, 4.69) is 5.10 Å². The summed E-state index contributed by atoms with van der Waals surface area (Å²) >= 11 is 0. The molecule has 2 heterocycles. The summed E-state index contributed by atoms with van der Waals surface area (Å²) in [4.78, 5) is 0. The first-order valence-corrected chi connectivity index (χ1v) is 3.36. The maximum absolute atomic E-state index is 5.10. The van der Waals surface area contributed by atoms with Crippen molar-refractivity contribution >= 4 is 0 Å². The molecule has 0 aromatic carbocycles. The van der Waals surface area contributed by atoms with Crippen LogP contribution < -0.4 is 0 Å². The largest absolute Gasteiger partial charge is 0.462 e. The number of nitrogens with zero attached hydrogens (tertiary/aromatic N) is 2. The lowest BCUT2D eigenvalue weighted by molar-refractivity contribution is 0.0762. The van der Waals surface area contributed by atoms with Crippen molar-refractivity contribution in [2.24, 2.45) is 0 Å². The van der Waals surface area contributed by atoms with Gasteiger partial charge in [0.15, 0.2) is 5.76 Å². The fraction of sp³-hybridized carbons (Fsp3) is 0.286. The van der Waals surface area contributed by atoms with Gasteiger partial charge in [-0.3, -0.25) is 4.68 Å². The summed E-state index contributed by atoms with van der Waals surface area (Å²) in [5.74, 6) is 0.814. The fourth-order valence-electron chi connectivity index (χ4n) is 0.907. The first kappa shape index (κ1) is 6.27. The molecule has 4 heteroatoms. The lowest BCUT2D eigenvalue weighted by Gasteiger charge is -1.99. The van der Waals surface area contributed by atoms with Gasteiger partial charge >= 0.3 is 0 Å². The van der Waals surface area contributed by atoms with Crippen LogP contribution in [-0.2, 0) is 16.0 Å². The predicted octanol–water partition coefficient (Wildman–Crippen LogP) is 0.729. The summed E-state index contributed by atoms with van der Waals surface area (Å²) in [7, 11) is 0. The van der Waals surface area contributed by atoms with Crippen LogP contribution in [-0.4, -0.2) is 16.6 Å². The Kier molecular flexibility index (Phi) is 1.51. The highest BCUT2D eigenvalue weighted by Crippen LogP contribution is 2.07. The summed E-state index contributed by atoms with van der Waals surface area (Å²) in [5.41, 5.74) is 0. The van der Waals surface area contributed by atoms with Gasteiger partial charge in [0.2, 0.25) is 6.79 Å². The van der Waals surface area contributed by atoms with Crippen molar-refractivity contribution in [1.82, 2.24) is 9.78 Å². The van der Waals surface area contributed by atoms with E-state index in [0.29, 0.717) is 13.3 Å². The average molecular weight is 152 g/mol. The first-order valence-electron chi connectivity index (χ1n) is 3.36. The zero-order valence-corrected chi connectivity index (χ0v) is 5.93. The van der Waals surface area contributed by atoms with Gasteiger partial charge in [-0.25, -0.2) is 0 Å². The summed E-state index contributed by atoms with van der Waals surface area (Å²) in [5, 5.41) is 4.02. The number of rotatable bonds is 2. The minimum atomic E-state index is 0.330. The summed E-state index contributed by atoms with van der Waals surface area (Å²) in [6, 6.07) is 1.87. The molecule has 0 bridgehead atoms. The second-order valence-corrected chi connectivity index (χ2v) is 2.22. The summed E-state index contributed by atoms with van der Waals surface area (Å²) < 4.78 is 11.8. The molecular formula is C7H8N2O2. The van der Waals surface area contributed by atoms with Crippen molar-refractivity contribution in [1.29, 1.82) is 0 Å². The van der Waals surface area contributed by atoms with E-state index in [1.165, 1.54) is 0 Å². The van der Waals surface area contributed by atoms with Crippen LogP contribution in [0.5, 0.6) is 0 Å². The van der Waals surface area contributed by atoms with E-state index in [1.54, 1.807) is 17.1 Å². The van der Waals surface area contributed by atoms with Crippen LogP contribution in [0.15, 0.2) is 30.5 Å². The number of hydrogen-bond donors (Lipinski definition) is 0. The highest BCUT2D eigenvalue weighted by molar-refractivity contribution is 4.91. The minimum absolute atomic E-state index is 0.330. The van der Waals surface area contributed by atoms with Gasteiger partial charge in [0, 0.05) is 12.4 Å². The van der Waals surface area contributed by atoms with Gasteiger partial charge in [-0.2, -0.15) is 5.10 Å². The number of allylic oxidation sites excluding steroid dienone is 1. The van der Waals surface area contributed by atoms with E-state index in [1.807, 2.05) is 12.3 Å². The van der Waals surface area contributed by atoms with E-state index < -0.39 is 0 Å². The van der Waals surface area contributed by atoms with Crippen LogP contribution in [0, 0.1) is 0 Å². The molecule has 0 saturated heterocycles. The average Bonchev–Trinajstić information content (AvgIpc) is 2.60. The molecule has 0 aliphatic carbocycles. The topological polar surface area (TPSA) is 36.3 Å². The second kappa shape index (κ2) is 2.65. The molecule has 0 N–H and O–H groups in total. The third kappa shape index (κ3) is 1.34. The Labute approximate surface area is 64.0 Å². The Morgan fingerprint density at radius 3 is 3.27 bits per heavy atom. The fourth-order valence-corrected chi connectivity index (χ4v) is 0.907. The smallest absolute Gasteiger partial charge is 0.229 e. The molecule has 58 valence electrons. The molecule has 0 fully saturated rings. The molecule has 0 atom stereocenters. The molecule has 0 amide bonds. The molecule has 1 aliphatic rings. The standard InChI is InChI=1S/C7H8N2O2/c1-2-8-9(3-1)4-7-5-10-6-11-7/h1-3,5H,4,6H2. The Morgan fingerprint density at radius 1 is 1.64 bits per heavy atom. The van der Waals surface area contributed by atoms with Crippen LogP contribution in [0.4, 0.5) is 0 Å². The van der Waals surface area contributed by atoms with Crippen LogP contribution in [0.3, 0.4) is 0 Å². The molecule has 4 nitrogen and oxygen atoms in total. The normalized spacial score (nSPS) is 15.5. The molecule has 0 spiro atoms. The van der Waals surface area contributed by atoms with Gasteiger partial charge in [0.05, 0.1) is 0 Å². The number of aromatic nitrogens is 2. The number of hydrogen-bond acceptors (Lipinski definition) is 3. The van der Waals surface area contributed by atoms with Gasteiger partial charge in [0.25, 0.3) is 0 Å². The summed E-state index contributed by atoms with van der Waals surface area (Å²) in [6.45, 7) is 0.976. The zero-order chi connectivity index (χ0) is 7.52. The molecule has 1 aliphatic heterocycles. The van der Waals surface area contributed by atoms with Gasteiger partial charge in [-0.15, -0.1) is 0 Å². The van der Waals surface area contributed by atoms with Crippen molar-refractivity contribution in [2.45, 2.75) is 6.54 Å². The maximum atomic E-state index is 5.10. The van der Waals surface area contributed by atoms with E-state index in [-0.39, 0.29) is 0 Å². The summed E-state index contributed by atoms with van der Waals surface area (Å²) in [6.07, 6.45) is 5.22. The van der Waals surface area contributed by atoms with Gasteiger partial charge in [0.1, 0.15) is 12.8 Å². The van der Waals surface area contributed by atoms with Crippen molar-refractivity contribution in [3.63, 3.8) is 0 Å². The van der Waals surface area contributed by atoms with Crippen molar-refractivity contribution in [2.75, 3.05) is 6.79 Å². The minimum Gasteiger partial charge on any atom is -0.462 e. The third-order valence-corrected chi connectivity index (χ3v) is 1.40. The van der Waals surface area contributed by atoms with Crippen LogP contribution in [0.2, 0.25) is 0 Å². The zero-order valence-electron chi connectivity index (χ0n) is 5.93. The maximum Gasteiger partial charge on any atom is 0.229 e. The molecule has 0 saturated carbocycles. The Hall–Kier alpha value is -1.45. The van der Waals surface area contributed by atoms with E-state index in [0.717, 1.165) is 5.76 Å². The Balaban J connectivity index is 2.00. The van der Waals surface area contributed by atoms with Crippen LogP contribution >= 0.6 is 0 Å². The monoisotopic (exact) mass is 152 g/mol. The Morgan fingerprint density at radius 2 is 2.64 bits per heavy atom. The van der Waals surface area contributed by atoms with Gasteiger partial charge in [-0.1, -0.05) is 0 Å². The van der Waals surface area contributed by atoms with E-state index >= 15 is 0 Å². The predicted molar refractivity (Wildman–Crippen MR) is 37.3 cm³/mol. The quantitative estimate of drug-likeness (QED) is 0.626. The Bertz CT molecular complexity index is 253. The number of ether oxygens (including phenoxy) is 2. The lowest BCUT2D eigenvalue weighted by Crippen LogP contribution is -2.01. The van der Waals surface area contributed by atoms with Crippen LogP contribution in [0.1, 0.15) is 0 Å². The molecule has 2 rings (SSSR count). The van der Waals surface area contributed by atoms with E-state index in [4.69, 9.17) is 9.47 Å². The van der Waals surface area contributed by atoms with Crippen molar-refractivity contribution in [3.05, 3.63) is 30.5 Å². The second-order valence-electron chi connectivity index (χ2n) is 2.22. The SMILES string of the molecule is C1=C(Cn2cccn2)OCO1. The molecule has 11 heavy (non-hydrogen) atoms. The molecule has 0 radical (unpaired) electrons. The van der Waals surface area contributed by atoms with E-state index in [9.17, 15) is 0 Å². The lowest BCUT2D eigenvalue weighted by atomic mass is 10.5. The molecule has 0 unspecified atom stereocenters. The van der Waals surface area contributed by atoms with Gasteiger partial charge < -0.3 is 9.47 Å². The molecule has 1 aromatic rings. The van der Waals surface area contributed by atoms with Crippen molar-refractivity contribution in [3.8, 4) is 0 Å². The third-order valence-electron chi connectivity index (χ3n) is 1.40.